The average molecular weight is 721 g/mol. The summed E-state index contributed by atoms with van der Waals surface area (Å²) in [4.78, 5) is 53.6. The number of fused-ring (bicyclic) bond motifs is 1. The number of halogens is 2. The van der Waals surface area contributed by atoms with Crippen molar-refractivity contribution in [1.82, 2.24) is 24.3 Å². The Hall–Kier alpha value is -5.02. The lowest BCUT2D eigenvalue weighted by Gasteiger charge is -2.40. The van der Waals surface area contributed by atoms with Crippen LogP contribution in [0.2, 0.25) is 0 Å². The van der Waals surface area contributed by atoms with Crippen molar-refractivity contribution in [2.75, 3.05) is 50.9 Å². The van der Waals surface area contributed by atoms with E-state index in [-0.39, 0.29) is 64.6 Å². The maximum Gasteiger partial charge on any atom is 0.355 e. The van der Waals surface area contributed by atoms with E-state index in [0.717, 1.165) is 23.0 Å². The van der Waals surface area contributed by atoms with Gasteiger partial charge in [-0.15, -0.1) is 0 Å². The van der Waals surface area contributed by atoms with Crippen molar-refractivity contribution in [3.8, 4) is 22.7 Å². The zero-order valence-electron chi connectivity index (χ0n) is 28.9. The van der Waals surface area contributed by atoms with E-state index in [1.807, 2.05) is 18.9 Å². The van der Waals surface area contributed by atoms with Crippen LogP contribution in [-0.2, 0) is 19.4 Å². The van der Waals surface area contributed by atoms with E-state index in [1.54, 1.807) is 35.8 Å². The number of esters is 1. The van der Waals surface area contributed by atoms with Crippen molar-refractivity contribution in [2.24, 2.45) is 5.92 Å². The van der Waals surface area contributed by atoms with Gasteiger partial charge in [-0.05, 0) is 49.9 Å². The number of likely N-dealkylation sites (N-methyl/N-ethyl adjacent to an activating group) is 1. The van der Waals surface area contributed by atoms with Gasteiger partial charge in [0.15, 0.2) is 21.3 Å². The van der Waals surface area contributed by atoms with Crippen LogP contribution in [0.15, 0.2) is 64.8 Å². The molecule has 4 aromatic rings. The summed E-state index contributed by atoms with van der Waals surface area (Å²) >= 11 is 0. The first-order valence-electron chi connectivity index (χ1n) is 16.4. The van der Waals surface area contributed by atoms with Gasteiger partial charge in [0.25, 0.3) is 0 Å². The van der Waals surface area contributed by atoms with E-state index < -0.39 is 56.3 Å². The fourth-order valence-corrected chi connectivity index (χ4v) is 7.54. The Kier molecular flexibility index (Phi) is 9.55. The van der Waals surface area contributed by atoms with Gasteiger partial charge in [0.05, 0.1) is 27.5 Å². The minimum atomic E-state index is -3.96. The number of para-hydroxylation sites is 1. The quantitative estimate of drug-likeness (QED) is 0.150. The number of anilines is 1. The first-order valence-corrected chi connectivity index (χ1v) is 18.3. The number of aromatic nitrogens is 3. The second-order valence-electron chi connectivity index (χ2n) is 13.3. The first-order chi connectivity index (χ1) is 24.1. The van der Waals surface area contributed by atoms with E-state index in [0.29, 0.717) is 18.7 Å². The SMILES string of the molecule is C=CC(=O)N1CCN(c2nc(=O)n(-c3c(C4CN(C)C4)cccc3S(C)(=O)=O)c3nc(-c4c(F)cccc4OC(=O)C(C)C)c(F)cc23)[C@@H](C)C1. The number of likely N-dealkylation sites (tertiary alicyclic amines) is 1. The molecule has 2 aliphatic rings. The Balaban J connectivity index is 1.68. The highest BCUT2D eigenvalue weighted by molar-refractivity contribution is 7.90. The largest absolute Gasteiger partial charge is 0.425 e. The van der Waals surface area contributed by atoms with Crippen molar-refractivity contribution < 1.29 is 31.5 Å². The van der Waals surface area contributed by atoms with Gasteiger partial charge in [-0.3, -0.25) is 9.59 Å². The van der Waals surface area contributed by atoms with E-state index in [1.165, 1.54) is 24.3 Å². The minimum Gasteiger partial charge on any atom is -0.425 e. The maximum atomic E-state index is 16.5. The normalized spacial score (nSPS) is 17.1. The van der Waals surface area contributed by atoms with E-state index >= 15 is 8.78 Å². The Morgan fingerprint density at radius 1 is 1.04 bits per heavy atom. The number of sulfone groups is 1. The fourth-order valence-electron chi connectivity index (χ4n) is 6.65. The summed E-state index contributed by atoms with van der Waals surface area (Å²) in [6, 6.07) is 9.07. The zero-order valence-corrected chi connectivity index (χ0v) is 29.7. The first kappa shape index (κ1) is 35.8. The van der Waals surface area contributed by atoms with Gasteiger partial charge in [0.2, 0.25) is 5.91 Å². The Morgan fingerprint density at radius 3 is 2.37 bits per heavy atom. The van der Waals surface area contributed by atoms with Gasteiger partial charge in [-0.2, -0.15) is 4.98 Å². The molecule has 0 spiro atoms. The molecule has 0 bridgehead atoms. The van der Waals surface area contributed by atoms with Gasteiger partial charge in [0, 0.05) is 50.9 Å². The molecule has 0 radical (unpaired) electrons. The zero-order chi connectivity index (χ0) is 36.9. The molecule has 0 unspecified atom stereocenters. The second kappa shape index (κ2) is 13.6. The number of carbonyl (C=O) groups excluding carboxylic acids is 2. The molecule has 15 heteroatoms. The van der Waals surface area contributed by atoms with Crippen molar-refractivity contribution in [3.63, 3.8) is 0 Å². The summed E-state index contributed by atoms with van der Waals surface area (Å²) in [5.74, 6) is -3.87. The number of ether oxygens (including phenoxy) is 1. The Bertz CT molecular complexity index is 2250. The molecule has 12 nitrogen and oxygen atoms in total. The van der Waals surface area contributed by atoms with E-state index in [2.05, 4.69) is 16.5 Å². The van der Waals surface area contributed by atoms with Crippen LogP contribution in [0, 0.1) is 17.6 Å². The van der Waals surface area contributed by atoms with Crippen molar-refractivity contribution in [1.29, 1.82) is 0 Å². The molecule has 1 atom stereocenters. The molecular formula is C36H38F2N6O6S. The predicted molar refractivity (Wildman–Crippen MR) is 188 cm³/mol. The molecule has 6 rings (SSSR count). The molecule has 0 saturated carbocycles. The number of amides is 1. The number of hydrogen-bond acceptors (Lipinski definition) is 10. The standard InChI is InChI=1S/C36H38F2N6O6S/c1-7-29(45)42-14-15-43(21(4)17-42)33-24-16-26(38)31(30-25(37)11-9-12-27(30)50-35(46)20(2)3)39-34(24)44(36(47)40-33)32-23(22-18-41(5)19-22)10-8-13-28(32)51(6,48)49/h7-13,16,20-22H,1,14-15,17-19H2,2-6H3/t21-/m0/s1. The summed E-state index contributed by atoms with van der Waals surface area (Å²) in [5.41, 5.74) is -1.54. The molecule has 51 heavy (non-hydrogen) atoms. The highest BCUT2D eigenvalue weighted by Gasteiger charge is 2.34. The molecule has 2 fully saturated rings. The van der Waals surface area contributed by atoms with E-state index in [4.69, 9.17) is 4.74 Å². The highest BCUT2D eigenvalue weighted by Crippen LogP contribution is 2.39. The number of nitrogens with zero attached hydrogens (tertiary/aromatic N) is 6. The minimum absolute atomic E-state index is 0.0200. The van der Waals surface area contributed by atoms with Crippen LogP contribution in [0.3, 0.4) is 0 Å². The second-order valence-corrected chi connectivity index (χ2v) is 15.3. The summed E-state index contributed by atoms with van der Waals surface area (Å²) in [6.45, 7) is 10.4. The van der Waals surface area contributed by atoms with Gasteiger partial charge >= 0.3 is 11.7 Å². The molecule has 0 N–H and O–H groups in total. The van der Waals surface area contributed by atoms with Crippen LogP contribution in [0.25, 0.3) is 28.0 Å². The Labute approximate surface area is 293 Å². The van der Waals surface area contributed by atoms with Crippen LogP contribution in [0.5, 0.6) is 5.75 Å². The van der Waals surface area contributed by atoms with Crippen molar-refractivity contribution in [2.45, 2.75) is 37.6 Å². The lowest BCUT2D eigenvalue weighted by Crippen LogP contribution is -2.54. The molecule has 2 aromatic carbocycles. The van der Waals surface area contributed by atoms with Gasteiger partial charge < -0.3 is 19.4 Å². The third-order valence-electron chi connectivity index (χ3n) is 9.24. The van der Waals surface area contributed by atoms with E-state index in [9.17, 15) is 22.8 Å². The molecule has 4 heterocycles. The highest BCUT2D eigenvalue weighted by atomic mass is 32.2. The lowest BCUT2D eigenvalue weighted by atomic mass is 9.90. The number of carbonyl (C=O) groups is 2. The lowest BCUT2D eigenvalue weighted by molar-refractivity contribution is -0.137. The number of pyridine rings is 1. The Morgan fingerprint density at radius 2 is 1.75 bits per heavy atom. The molecule has 2 saturated heterocycles. The van der Waals surface area contributed by atoms with Crippen LogP contribution in [-0.4, -0.2) is 96.7 Å². The third kappa shape index (κ3) is 6.63. The number of piperazine rings is 1. The summed E-state index contributed by atoms with van der Waals surface area (Å²) < 4.78 is 65.3. The molecule has 2 aliphatic heterocycles. The summed E-state index contributed by atoms with van der Waals surface area (Å²) in [6.07, 6.45) is 2.24. The topological polar surface area (TPSA) is 135 Å². The van der Waals surface area contributed by atoms with Gasteiger partial charge in [-0.1, -0.05) is 38.6 Å². The third-order valence-corrected chi connectivity index (χ3v) is 10.4. The summed E-state index contributed by atoms with van der Waals surface area (Å²) in [7, 11) is -2.05. The van der Waals surface area contributed by atoms with Gasteiger partial charge in [-0.25, -0.2) is 31.5 Å². The smallest absolute Gasteiger partial charge is 0.355 e. The monoisotopic (exact) mass is 720 g/mol. The van der Waals surface area contributed by atoms with Crippen LogP contribution < -0.4 is 15.3 Å². The molecular weight excluding hydrogens is 682 g/mol. The predicted octanol–water partition coefficient (Wildman–Crippen LogP) is 3.94. The van der Waals surface area contributed by atoms with Gasteiger partial charge in [0.1, 0.15) is 23.1 Å². The van der Waals surface area contributed by atoms with Crippen molar-refractivity contribution >= 4 is 38.6 Å². The number of benzene rings is 2. The number of hydrogen-bond donors (Lipinski definition) is 0. The van der Waals surface area contributed by atoms with Crippen LogP contribution in [0.4, 0.5) is 14.6 Å². The van der Waals surface area contributed by atoms with Crippen molar-refractivity contribution in [3.05, 3.63) is 82.8 Å². The van der Waals surface area contributed by atoms with Crippen LogP contribution >= 0.6 is 0 Å². The molecule has 1 amide bonds. The number of rotatable bonds is 8. The average Bonchev–Trinajstić information content (AvgIpc) is 3.06. The summed E-state index contributed by atoms with van der Waals surface area (Å²) in [5, 5.41) is 0.0447. The molecule has 0 aliphatic carbocycles. The van der Waals surface area contributed by atoms with Crippen LogP contribution in [0.1, 0.15) is 32.3 Å². The molecule has 2 aromatic heterocycles. The fraction of sp³-hybridized carbons (Fsp3) is 0.361. The maximum absolute atomic E-state index is 16.5. The molecule has 268 valence electrons.